The van der Waals surface area contributed by atoms with Crippen LogP contribution in [0.25, 0.3) is 15.9 Å². The first-order valence-electron chi connectivity index (χ1n) is 9.31. The van der Waals surface area contributed by atoms with E-state index in [2.05, 4.69) is 31.0 Å². The van der Waals surface area contributed by atoms with Gasteiger partial charge in [-0.05, 0) is 57.5 Å². The third-order valence-corrected chi connectivity index (χ3v) is 6.70. The van der Waals surface area contributed by atoms with E-state index in [0.717, 1.165) is 36.3 Å². The number of amides is 1. The van der Waals surface area contributed by atoms with Crippen molar-refractivity contribution in [1.29, 1.82) is 0 Å². The topological polar surface area (TPSA) is 56.7 Å². The van der Waals surface area contributed by atoms with Crippen LogP contribution >= 0.6 is 11.3 Å². The number of hydrogen-bond donors (Lipinski definition) is 1. The molecule has 5 nitrogen and oxygen atoms in total. The van der Waals surface area contributed by atoms with Gasteiger partial charge in [-0.1, -0.05) is 19.1 Å². The molecule has 0 unspecified atom stereocenters. The van der Waals surface area contributed by atoms with Crippen LogP contribution in [-0.4, -0.2) is 52.7 Å². The van der Waals surface area contributed by atoms with E-state index in [1.807, 2.05) is 12.1 Å². The highest BCUT2D eigenvalue weighted by Crippen LogP contribution is 2.35. The van der Waals surface area contributed by atoms with Gasteiger partial charge < -0.3 is 10.0 Å². The second-order valence-electron chi connectivity index (χ2n) is 7.64. The third-order valence-electron chi connectivity index (χ3n) is 5.50. The highest BCUT2D eigenvalue weighted by molar-refractivity contribution is 7.18. The molecule has 1 amide bonds. The second-order valence-corrected chi connectivity index (χ2v) is 8.70. The minimum absolute atomic E-state index is 0.355. The van der Waals surface area contributed by atoms with Crippen molar-refractivity contribution >= 4 is 33.3 Å². The van der Waals surface area contributed by atoms with Gasteiger partial charge in [-0.25, -0.2) is 9.78 Å². The molecule has 1 saturated heterocycles. The lowest BCUT2D eigenvalue weighted by molar-refractivity contribution is 0.159. The lowest BCUT2D eigenvalue weighted by Crippen LogP contribution is -2.34. The Balaban J connectivity index is 1.64. The summed E-state index contributed by atoms with van der Waals surface area (Å²) in [7, 11) is 2.17. The van der Waals surface area contributed by atoms with E-state index in [4.69, 9.17) is 4.98 Å². The number of allylic oxidation sites excluding steroid dienone is 1. The smallest absolute Gasteiger partial charge is 0.411 e. The molecule has 1 aromatic carbocycles. The normalized spacial score (nSPS) is 22.6. The van der Waals surface area contributed by atoms with Gasteiger partial charge in [0.15, 0.2) is 0 Å². The molecule has 0 spiro atoms. The Labute approximate surface area is 157 Å². The second kappa shape index (κ2) is 7.00. The van der Waals surface area contributed by atoms with Crippen molar-refractivity contribution in [2.24, 2.45) is 5.92 Å². The summed E-state index contributed by atoms with van der Waals surface area (Å²) in [6, 6.07) is 6.19. The van der Waals surface area contributed by atoms with Gasteiger partial charge in [0.25, 0.3) is 0 Å². The highest BCUT2D eigenvalue weighted by atomic mass is 32.1. The first-order chi connectivity index (χ1) is 12.5. The first-order valence-corrected chi connectivity index (χ1v) is 10.1. The highest BCUT2D eigenvalue weighted by Gasteiger charge is 2.26. The molecule has 0 aliphatic carbocycles. The number of nitrogens with zero attached hydrogens (tertiary/aromatic N) is 3. The zero-order chi connectivity index (χ0) is 18.3. The number of rotatable bonds is 2. The SMILES string of the molecule is C[C@H]1CC=C(c2ccc3sc(C4CCN(C)CC4)nc3c2)N(C(=O)O)C1. The summed E-state index contributed by atoms with van der Waals surface area (Å²) in [6.45, 7) is 4.90. The predicted molar refractivity (Wildman–Crippen MR) is 106 cm³/mol. The molecule has 26 heavy (non-hydrogen) atoms. The molecule has 6 heteroatoms. The molecule has 4 rings (SSSR count). The van der Waals surface area contributed by atoms with E-state index in [1.165, 1.54) is 27.4 Å². The molecule has 2 aliphatic rings. The number of carbonyl (C=O) groups is 1. The van der Waals surface area contributed by atoms with Crippen molar-refractivity contribution in [2.45, 2.75) is 32.1 Å². The maximum Gasteiger partial charge on any atom is 0.411 e. The Bertz CT molecular complexity index is 852. The fourth-order valence-electron chi connectivity index (χ4n) is 3.90. The minimum atomic E-state index is -0.881. The van der Waals surface area contributed by atoms with Gasteiger partial charge in [-0.15, -0.1) is 11.3 Å². The summed E-state index contributed by atoms with van der Waals surface area (Å²) in [5, 5.41) is 10.8. The number of aromatic nitrogens is 1. The van der Waals surface area contributed by atoms with Gasteiger partial charge in [0, 0.05) is 18.0 Å². The molecule has 0 radical (unpaired) electrons. The van der Waals surface area contributed by atoms with Crippen molar-refractivity contribution in [1.82, 2.24) is 14.8 Å². The van der Waals surface area contributed by atoms with Gasteiger partial charge in [0.1, 0.15) is 0 Å². The van der Waals surface area contributed by atoms with E-state index in [-0.39, 0.29) is 0 Å². The predicted octanol–water partition coefficient (Wildman–Crippen LogP) is 4.47. The summed E-state index contributed by atoms with van der Waals surface area (Å²) in [4.78, 5) is 20.4. The summed E-state index contributed by atoms with van der Waals surface area (Å²) in [5.41, 5.74) is 2.74. The molecule has 0 bridgehead atoms. The lowest BCUT2D eigenvalue weighted by Gasteiger charge is -2.29. The van der Waals surface area contributed by atoms with E-state index >= 15 is 0 Å². The summed E-state index contributed by atoms with van der Waals surface area (Å²) in [6.07, 6.45) is 4.41. The first kappa shape index (κ1) is 17.5. The number of hydrogen-bond acceptors (Lipinski definition) is 4. The van der Waals surface area contributed by atoms with E-state index < -0.39 is 6.09 Å². The lowest BCUT2D eigenvalue weighted by atomic mass is 9.98. The maximum atomic E-state index is 11.7. The quantitative estimate of drug-likeness (QED) is 0.846. The molecule has 0 saturated carbocycles. The third kappa shape index (κ3) is 3.35. The average molecular weight is 372 g/mol. The number of carboxylic acid groups (broad SMARTS) is 1. The average Bonchev–Trinajstić information content (AvgIpc) is 3.05. The number of benzene rings is 1. The van der Waals surface area contributed by atoms with E-state index in [9.17, 15) is 9.90 Å². The standard InChI is InChI=1S/C20H25N3O2S/c1-13-3-5-17(23(12-13)20(24)25)15-4-6-18-16(11-15)21-19(26-18)14-7-9-22(2)10-8-14/h4-6,11,13-14H,3,7-10,12H2,1-2H3,(H,24,25)/t13-/m0/s1. The van der Waals surface area contributed by atoms with Crippen LogP contribution in [0.1, 0.15) is 42.7 Å². The largest absolute Gasteiger partial charge is 0.465 e. The molecule has 3 heterocycles. The minimum Gasteiger partial charge on any atom is -0.465 e. The Morgan fingerprint density at radius 1 is 1.31 bits per heavy atom. The molecule has 1 N–H and O–H groups in total. The Hall–Kier alpha value is -1.92. The van der Waals surface area contributed by atoms with Crippen molar-refractivity contribution in [2.75, 3.05) is 26.7 Å². The fourth-order valence-corrected chi connectivity index (χ4v) is 5.01. The molecule has 1 atom stereocenters. The van der Waals surface area contributed by atoms with Crippen LogP contribution in [0, 0.1) is 5.92 Å². The maximum absolute atomic E-state index is 11.7. The fraction of sp³-hybridized carbons (Fsp3) is 0.500. The molecular formula is C20H25N3O2S. The molecular weight excluding hydrogens is 346 g/mol. The van der Waals surface area contributed by atoms with Gasteiger partial charge in [0.2, 0.25) is 0 Å². The van der Waals surface area contributed by atoms with Crippen molar-refractivity contribution in [3.63, 3.8) is 0 Å². The Morgan fingerprint density at radius 2 is 2.08 bits per heavy atom. The van der Waals surface area contributed by atoms with Crippen LogP contribution in [0.2, 0.25) is 0 Å². The Kier molecular flexibility index (Phi) is 4.71. The number of piperidine rings is 1. The summed E-state index contributed by atoms with van der Waals surface area (Å²) in [5.74, 6) is 0.909. The zero-order valence-electron chi connectivity index (χ0n) is 15.3. The van der Waals surface area contributed by atoms with Crippen molar-refractivity contribution in [3.05, 3.63) is 34.8 Å². The van der Waals surface area contributed by atoms with Crippen LogP contribution in [0.5, 0.6) is 0 Å². The van der Waals surface area contributed by atoms with Gasteiger partial charge in [-0.2, -0.15) is 0 Å². The molecule has 1 fully saturated rings. The summed E-state index contributed by atoms with van der Waals surface area (Å²) >= 11 is 1.79. The van der Waals surface area contributed by atoms with Crippen molar-refractivity contribution < 1.29 is 9.90 Å². The zero-order valence-corrected chi connectivity index (χ0v) is 16.1. The van der Waals surface area contributed by atoms with E-state index in [0.29, 0.717) is 18.4 Å². The number of likely N-dealkylation sites (tertiary alicyclic amines) is 1. The van der Waals surface area contributed by atoms with Crippen LogP contribution in [0.4, 0.5) is 4.79 Å². The van der Waals surface area contributed by atoms with Crippen LogP contribution in [0.3, 0.4) is 0 Å². The molecule has 138 valence electrons. The van der Waals surface area contributed by atoms with Gasteiger partial charge in [-0.3, -0.25) is 4.90 Å². The van der Waals surface area contributed by atoms with Crippen LogP contribution < -0.4 is 0 Å². The van der Waals surface area contributed by atoms with Crippen LogP contribution in [-0.2, 0) is 0 Å². The van der Waals surface area contributed by atoms with Gasteiger partial charge >= 0.3 is 6.09 Å². The van der Waals surface area contributed by atoms with Gasteiger partial charge in [0.05, 0.1) is 20.9 Å². The van der Waals surface area contributed by atoms with E-state index in [1.54, 1.807) is 11.3 Å². The molecule has 2 aliphatic heterocycles. The van der Waals surface area contributed by atoms with Crippen molar-refractivity contribution in [3.8, 4) is 0 Å². The number of fused-ring (bicyclic) bond motifs is 1. The van der Waals surface area contributed by atoms with Crippen LogP contribution in [0.15, 0.2) is 24.3 Å². The number of thiazole rings is 1. The molecule has 2 aromatic rings. The summed E-state index contributed by atoms with van der Waals surface area (Å²) < 4.78 is 1.19. The monoisotopic (exact) mass is 371 g/mol. The Morgan fingerprint density at radius 3 is 2.81 bits per heavy atom. The molecule has 1 aromatic heterocycles.